The maximum Gasteiger partial charge on any atom is 0.314 e. The highest BCUT2D eigenvalue weighted by molar-refractivity contribution is 5.73. The van der Waals surface area contributed by atoms with E-state index in [4.69, 9.17) is 4.74 Å². The lowest BCUT2D eigenvalue weighted by Crippen LogP contribution is -2.32. The van der Waals surface area contributed by atoms with Gasteiger partial charge in [-0.1, -0.05) is 24.6 Å². The van der Waals surface area contributed by atoms with Gasteiger partial charge in [0.1, 0.15) is 12.4 Å². The summed E-state index contributed by atoms with van der Waals surface area (Å²) in [6.45, 7) is 4.40. The number of hydrogen-bond acceptors (Lipinski definition) is 3. The first-order chi connectivity index (χ1) is 11.3. The third-order valence-corrected chi connectivity index (χ3v) is 3.87. The number of hydrogen-bond donors (Lipinski definition) is 2. The Morgan fingerprint density at radius 1 is 1.26 bits per heavy atom. The van der Waals surface area contributed by atoms with Crippen LogP contribution in [-0.4, -0.2) is 44.2 Å². The smallest absolute Gasteiger partial charge is 0.314 e. The standard InChI is InChI=1S/C18H27N3O2/c1-19-18(22)20-10-3-6-13-23-17-9-7-8-16(14-17)15-21-11-4-2-5-12-21/h3,6-9,14H,2,4-5,10-13,15H2,1H3,(H2,19,20,22)/b6-3-. The zero-order valence-electron chi connectivity index (χ0n) is 13.9. The highest BCUT2D eigenvalue weighted by Crippen LogP contribution is 2.17. The molecule has 1 saturated heterocycles. The highest BCUT2D eigenvalue weighted by atomic mass is 16.5. The van der Waals surface area contributed by atoms with Gasteiger partial charge in [0.25, 0.3) is 0 Å². The van der Waals surface area contributed by atoms with Gasteiger partial charge in [-0.15, -0.1) is 0 Å². The minimum atomic E-state index is -0.180. The van der Waals surface area contributed by atoms with Gasteiger partial charge in [0.15, 0.2) is 0 Å². The zero-order valence-corrected chi connectivity index (χ0v) is 13.9. The van der Waals surface area contributed by atoms with Gasteiger partial charge < -0.3 is 15.4 Å². The van der Waals surface area contributed by atoms with E-state index in [0.29, 0.717) is 13.2 Å². The molecule has 2 rings (SSSR count). The largest absolute Gasteiger partial charge is 0.490 e. The Morgan fingerprint density at radius 2 is 2.09 bits per heavy atom. The van der Waals surface area contributed by atoms with Crippen LogP contribution in [0.3, 0.4) is 0 Å². The molecule has 1 fully saturated rings. The van der Waals surface area contributed by atoms with Crippen LogP contribution in [0.1, 0.15) is 24.8 Å². The molecule has 1 heterocycles. The molecule has 1 aromatic carbocycles. The fourth-order valence-electron chi connectivity index (χ4n) is 2.65. The van der Waals surface area contributed by atoms with Gasteiger partial charge in [-0.2, -0.15) is 0 Å². The van der Waals surface area contributed by atoms with Crippen LogP contribution < -0.4 is 15.4 Å². The van der Waals surface area contributed by atoms with Crippen molar-refractivity contribution in [3.63, 3.8) is 0 Å². The van der Waals surface area contributed by atoms with Crippen LogP contribution in [-0.2, 0) is 6.54 Å². The summed E-state index contributed by atoms with van der Waals surface area (Å²) >= 11 is 0. The van der Waals surface area contributed by atoms with Crippen molar-refractivity contribution in [2.24, 2.45) is 0 Å². The number of rotatable bonds is 7. The predicted octanol–water partition coefficient (Wildman–Crippen LogP) is 2.54. The minimum absolute atomic E-state index is 0.180. The average Bonchev–Trinajstić information content (AvgIpc) is 2.59. The average molecular weight is 317 g/mol. The van der Waals surface area contributed by atoms with Gasteiger partial charge in [0.05, 0.1) is 0 Å². The van der Waals surface area contributed by atoms with Gasteiger partial charge in [-0.25, -0.2) is 4.79 Å². The van der Waals surface area contributed by atoms with E-state index in [1.54, 1.807) is 7.05 Å². The van der Waals surface area contributed by atoms with Crippen LogP contribution in [0.2, 0.25) is 0 Å². The monoisotopic (exact) mass is 317 g/mol. The number of nitrogens with zero attached hydrogens (tertiary/aromatic N) is 1. The Balaban J connectivity index is 1.71. The summed E-state index contributed by atoms with van der Waals surface area (Å²) in [7, 11) is 1.60. The Labute approximate surface area is 138 Å². The molecule has 0 unspecified atom stereocenters. The molecule has 23 heavy (non-hydrogen) atoms. The highest BCUT2D eigenvalue weighted by Gasteiger charge is 2.10. The second-order valence-corrected chi connectivity index (χ2v) is 5.73. The Hall–Kier alpha value is -2.01. The molecule has 126 valence electrons. The number of carbonyl (C=O) groups is 1. The molecule has 0 atom stereocenters. The Kier molecular flexibility index (Phi) is 7.46. The summed E-state index contributed by atoms with van der Waals surface area (Å²) in [6.07, 6.45) is 7.77. The zero-order chi connectivity index (χ0) is 16.3. The van der Waals surface area contributed by atoms with E-state index in [-0.39, 0.29) is 6.03 Å². The molecule has 0 aromatic heterocycles. The second kappa shape index (κ2) is 9.90. The van der Waals surface area contributed by atoms with Crippen LogP contribution in [0.5, 0.6) is 5.75 Å². The summed E-state index contributed by atoms with van der Waals surface area (Å²) in [5, 5.41) is 5.19. The molecule has 5 heteroatoms. The van der Waals surface area contributed by atoms with E-state index >= 15 is 0 Å². The molecule has 0 bridgehead atoms. The number of carbonyl (C=O) groups excluding carboxylic acids is 1. The van der Waals surface area contributed by atoms with Gasteiger partial charge in [0.2, 0.25) is 0 Å². The first-order valence-corrected chi connectivity index (χ1v) is 8.32. The second-order valence-electron chi connectivity index (χ2n) is 5.73. The number of urea groups is 1. The van der Waals surface area contributed by atoms with Crippen molar-refractivity contribution in [3.8, 4) is 5.75 Å². The van der Waals surface area contributed by atoms with Crippen LogP contribution in [0.15, 0.2) is 36.4 Å². The number of nitrogens with one attached hydrogen (secondary N) is 2. The summed E-state index contributed by atoms with van der Waals surface area (Å²) < 4.78 is 5.74. The lowest BCUT2D eigenvalue weighted by atomic mass is 10.1. The van der Waals surface area contributed by atoms with E-state index < -0.39 is 0 Å². The minimum Gasteiger partial charge on any atom is -0.490 e. The molecule has 5 nitrogen and oxygen atoms in total. The quantitative estimate of drug-likeness (QED) is 0.760. The maximum atomic E-state index is 11.0. The molecular formula is C18H27N3O2. The molecule has 1 aromatic rings. The molecule has 0 radical (unpaired) electrons. The van der Waals surface area contributed by atoms with Crippen LogP contribution in [0.25, 0.3) is 0 Å². The molecular weight excluding hydrogens is 290 g/mol. The first-order valence-electron chi connectivity index (χ1n) is 8.32. The van der Waals surface area contributed by atoms with E-state index in [1.807, 2.05) is 24.3 Å². The fourth-order valence-corrected chi connectivity index (χ4v) is 2.65. The first kappa shape index (κ1) is 17.3. The number of piperidine rings is 1. The lowest BCUT2D eigenvalue weighted by Gasteiger charge is -2.26. The van der Waals surface area contributed by atoms with E-state index in [0.717, 1.165) is 12.3 Å². The van der Waals surface area contributed by atoms with Crippen molar-refractivity contribution < 1.29 is 9.53 Å². The van der Waals surface area contributed by atoms with E-state index in [1.165, 1.54) is 37.9 Å². The van der Waals surface area contributed by atoms with Gasteiger partial charge in [-0.05, 0) is 49.7 Å². The van der Waals surface area contributed by atoms with Gasteiger partial charge >= 0.3 is 6.03 Å². The molecule has 0 aliphatic carbocycles. The Bertz CT molecular complexity index is 511. The van der Waals surface area contributed by atoms with Crippen LogP contribution >= 0.6 is 0 Å². The molecule has 1 aliphatic heterocycles. The topological polar surface area (TPSA) is 53.6 Å². The van der Waals surface area contributed by atoms with Crippen molar-refractivity contribution in [3.05, 3.63) is 42.0 Å². The van der Waals surface area contributed by atoms with E-state index in [2.05, 4.69) is 27.7 Å². The van der Waals surface area contributed by atoms with Crippen molar-refractivity contribution in [2.75, 3.05) is 33.3 Å². The summed E-state index contributed by atoms with van der Waals surface area (Å²) in [5.41, 5.74) is 1.30. The Morgan fingerprint density at radius 3 is 2.87 bits per heavy atom. The lowest BCUT2D eigenvalue weighted by molar-refractivity contribution is 0.220. The third kappa shape index (κ3) is 6.74. The van der Waals surface area contributed by atoms with Gasteiger partial charge in [0, 0.05) is 20.1 Å². The number of benzene rings is 1. The molecule has 0 saturated carbocycles. The van der Waals surface area contributed by atoms with Crippen molar-refractivity contribution in [1.82, 2.24) is 15.5 Å². The van der Waals surface area contributed by atoms with Gasteiger partial charge in [-0.3, -0.25) is 4.90 Å². The third-order valence-electron chi connectivity index (χ3n) is 3.87. The van der Waals surface area contributed by atoms with Crippen molar-refractivity contribution in [1.29, 1.82) is 0 Å². The molecule has 2 N–H and O–H groups in total. The molecule has 0 spiro atoms. The van der Waals surface area contributed by atoms with E-state index in [9.17, 15) is 4.79 Å². The number of likely N-dealkylation sites (tertiary alicyclic amines) is 1. The summed E-state index contributed by atoms with van der Waals surface area (Å²) in [4.78, 5) is 13.5. The van der Waals surface area contributed by atoms with Crippen molar-refractivity contribution >= 4 is 6.03 Å². The molecule has 1 aliphatic rings. The SMILES string of the molecule is CNC(=O)NC/C=C\COc1cccc(CN2CCCCC2)c1. The normalized spacial score (nSPS) is 15.5. The van der Waals surface area contributed by atoms with Crippen molar-refractivity contribution in [2.45, 2.75) is 25.8 Å². The number of ether oxygens (including phenoxy) is 1. The van der Waals surface area contributed by atoms with Crippen LogP contribution in [0.4, 0.5) is 4.79 Å². The summed E-state index contributed by atoms with van der Waals surface area (Å²) in [5.74, 6) is 0.892. The maximum absolute atomic E-state index is 11.0. The molecule has 2 amide bonds. The predicted molar refractivity (Wildman–Crippen MR) is 92.7 cm³/mol. The van der Waals surface area contributed by atoms with Crippen LogP contribution in [0, 0.1) is 0 Å². The fraction of sp³-hybridized carbons (Fsp3) is 0.500. The summed E-state index contributed by atoms with van der Waals surface area (Å²) in [6, 6.07) is 8.12. The number of amides is 2.